The number of amides is 1. The van der Waals surface area contributed by atoms with E-state index in [2.05, 4.69) is 4.72 Å². The predicted molar refractivity (Wildman–Crippen MR) is 99.8 cm³/mol. The number of benzene rings is 2. The fourth-order valence-electron chi connectivity index (χ4n) is 2.84. The fraction of sp³-hybridized carbons (Fsp3) is 0.316. The smallest absolute Gasteiger partial charge is 0.378 e. The van der Waals surface area contributed by atoms with Gasteiger partial charge in [-0.15, -0.1) is 0 Å². The number of carbonyl (C=O) groups excluding carboxylic acids is 1. The molecule has 1 saturated heterocycles. The summed E-state index contributed by atoms with van der Waals surface area (Å²) in [6, 6.07) is 9.65. The molecule has 0 bridgehead atoms. The number of rotatable bonds is 5. The molecular formula is C19H19F3N2O4S. The Balaban J connectivity index is 1.68. The van der Waals surface area contributed by atoms with Crippen LogP contribution in [-0.4, -0.2) is 45.5 Å². The molecule has 0 aliphatic carbocycles. The normalized spacial score (nSPS) is 15.2. The maximum Gasteiger partial charge on any atom is 0.416 e. The molecule has 6 nitrogen and oxygen atoms in total. The number of carbonyl (C=O) groups is 1. The van der Waals surface area contributed by atoms with Crippen LogP contribution in [0.1, 0.15) is 11.1 Å². The van der Waals surface area contributed by atoms with Crippen molar-refractivity contribution in [2.75, 3.05) is 31.0 Å². The lowest BCUT2D eigenvalue weighted by Crippen LogP contribution is -2.41. The second-order valence-electron chi connectivity index (χ2n) is 6.50. The lowest BCUT2D eigenvalue weighted by Gasteiger charge is -2.26. The van der Waals surface area contributed by atoms with Crippen molar-refractivity contribution in [2.24, 2.45) is 0 Å². The highest BCUT2D eigenvalue weighted by atomic mass is 32.2. The zero-order chi connectivity index (χ0) is 21.1. The zero-order valence-electron chi connectivity index (χ0n) is 15.3. The summed E-state index contributed by atoms with van der Waals surface area (Å²) in [6.07, 6.45) is -4.47. The van der Waals surface area contributed by atoms with E-state index in [0.717, 1.165) is 18.2 Å². The average molecular weight is 428 g/mol. The topological polar surface area (TPSA) is 75.7 Å². The number of halogens is 3. The van der Waals surface area contributed by atoms with Gasteiger partial charge in [0.2, 0.25) is 5.91 Å². The lowest BCUT2D eigenvalue weighted by atomic mass is 10.1. The molecule has 3 rings (SSSR count). The molecule has 2 aromatic rings. The predicted octanol–water partition coefficient (Wildman–Crippen LogP) is 2.91. The van der Waals surface area contributed by atoms with Crippen LogP contribution in [0, 0.1) is 0 Å². The summed E-state index contributed by atoms with van der Waals surface area (Å²) < 4.78 is 70.7. The van der Waals surface area contributed by atoms with Gasteiger partial charge >= 0.3 is 6.18 Å². The van der Waals surface area contributed by atoms with Gasteiger partial charge in [0.15, 0.2) is 0 Å². The van der Waals surface area contributed by atoms with E-state index >= 15 is 0 Å². The van der Waals surface area contributed by atoms with Crippen molar-refractivity contribution in [3.63, 3.8) is 0 Å². The van der Waals surface area contributed by atoms with Crippen LogP contribution in [0.4, 0.5) is 18.9 Å². The van der Waals surface area contributed by atoms with E-state index in [-0.39, 0.29) is 18.0 Å². The summed E-state index contributed by atoms with van der Waals surface area (Å²) in [5, 5.41) is 0. The van der Waals surface area contributed by atoms with Crippen molar-refractivity contribution in [2.45, 2.75) is 17.5 Å². The molecule has 0 spiro atoms. The summed E-state index contributed by atoms with van der Waals surface area (Å²) in [4.78, 5) is 13.5. The lowest BCUT2D eigenvalue weighted by molar-refractivity contribution is -0.137. The Hall–Kier alpha value is -2.59. The first kappa shape index (κ1) is 21.1. The molecule has 0 unspecified atom stereocenters. The molecule has 10 heteroatoms. The van der Waals surface area contributed by atoms with Crippen LogP contribution in [0.25, 0.3) is 0 Å². The Labute approximate surface area is 166 Å². The third-order valence-electron chi connectivity index (χ3n) is 4.40. The van der Waals surface area contributed by atoms with E-state index in [4.69, 9.17) is 4.74 Å². The van der Waals surface area contributed by atoms with Gasteiger partial charge in [0.05, 0.1) is 30.1 Å². The van der Waals surface area contributed by atoms with Gasteiger partial charge in [-0.25, -0.2) is 8.42 Å². The van der Waals surface area contributed by atoms with E-state index < -0.39 is 26.7 Å². The maximum absolute atomic E-state index is 12.8. The van der Waals surface area contributed by atoms with E-state index in [1.54, 1.807) is 17.0 Å². The van der Waals surface area contributed by atoms with Crippen LogP contribution in [0.2, 0.25) is 0 Å². The van der Waals surface area contributed by atoms with Gasteiger partial charge in [0.1, 0.15) is 0 Å². The van der Waals surface area contributed by atoms with Crippen LogP contribution in [-0.2, 0) is 32.2 Å². The molecule has 0 aromatic heterocycles. The third kappa shape index (κ3) is 5.48. The van der Waals surface area contributed by atoms with Gasteiger partial charge in [-0.3, -0.25) is 9.52 Å². The van der Waals surface area contributed by atoms with Crippen LogP contribution < -0.4 is 4.72 Å². The molecule has 1 aliphatic rings. The second kappa shape index (κ2) is 8.42. The Bertz CT molecular complexity index is 970. The first-order valence-electron chi connectivity index (χ1n) is 8.80. The van der Waals surface area contributed by atoms with E-state index in [0.29, 0.717) is 37.9 Å². The largest absolute Gasteiger partial charge is 0.416 e. The van der Waals surface area contributed by atoms with E-state index in [1.807, 2.05) is 0 Å². The molecule has 1 amide bonds. The highest BCUT2D eigenvalue weighted by Crippen LogP contribution is 2.30. The SMILES string of the molecule is O=C(Cc1ccc(NS(=O)(=O)c2cccc(C(F)(F)F)c2)cc1)N1CCOCC1. The minimum absolute atomic E-state index is 0.0504. The van der Waals surface area contributed by atoms with Gasteiger partial charge < -0.3 is 9.64 Å². The number of hydrogen-bond donors (Lipinski definition) is 1. The van der Waals surface area contributed by atoms with Crippen molar-refractivity contribution >= 4 is 21.6 Å². The number of anilines is 1. The van der Waals surface area contributed by atoms with Crippen molar-refractivity contribution < 1.29 is 31.1 Å². The van der Waals surface area contributed by atoms with E-state index in [1.165, 1.54) is 12.1 Å². The molecule has 2 aromatic carbocycles. The molecule has 0 atom stereocenters. The number of morpholine rings is 1. The second-order valence-corrected chi connectivity index (χ2v) is 8.18. The van der Waals surface area contributed by atoms with Crippen molar-refractivity contribution in [1.82, 2.24) is 4.90 Å². The molecule has 1 fully saturated rings. The van der Waals surface area contributed by atoms with Gasteiger partial charge in [-0.05, 0) is 35.9 Å². The molecule has 0 saturated carbocycles. The zero-order valence-corrected chi connectivity index (χ0v) is 16.1. The van der Waals surface area contributed by atoms with Gasteiger partial charge in [-0.1, -0.05) is 18.2 Å². The minimum Gasteiger partial charge on any atom is -0.378 e. The standard InChI is InChI=1S/C19H19F3N2O4S/c20-19(21,22)15-2-1-3-17(13-15)29(26,27)23-16-6-4-14(5-7-16)12-18(25)24-8-10-28-11-9-24/h1-7,13,23H,8-12H2. The van der Waals surface area contributed by atoms with Crippen LogP contribution in [0.5, 0.6) is 0 Å². The molecular weight excluding hydrogens is 409 g/mol. The summed E-state index contributed by atoms with van der Waals surface area (Å²) in [5.41, 5.74) is -0.161. The molecule has 1 N–H and O–H groups in total. The molecule has 1 aliphatic heterocycles. The number of nitrogens with one attached hydrogen (secondary N) is 1. The van der Waals surface area contributed by atoms with Gasteiger partial charge in [0.25, 0.3) is 10.0 Å². The Morgan fingerprint density at radius 2 is 1.72 bits per heavy atom. The third-order valence-corrected chi connectivity index (χ3v) is 5.78. The number of ether oxygens (including phenoxy) is 1. The van der Waals surface area contributed by atoms with Gasteiger partial charge in [0, 0.05) is 18.8 Å². The number of hydrogen-bond acceptors (Lipinski definition) is 4. The molecule has 156 valence electrons. The summed E-state index contributed by atoms with van der Waals surface area (Å²) >= 11 is 0. The molecule has 29 heavy (non-hydrogen) atoms. The Kier molecular flexibility index (Phi) is 6.13. The highest BCUT2D eigenvalue weighted by Gasteiger charge is 2.31. The number of nitrogens with zero attached hydrogens (tertiary/aromatic N) is 1. The van der Waals surface area contributed by atoms with Crippen molar-refractivity contribution in [3.8, 4) is 0 Å². The number of alkyl halides is 3. The first-order valence-corrected chi connectivity index (χ1v) is 10.3. The van der Waals surface area contributed by atoms with E-state index in [9.17, 15) is 26.4 Å². The fourth-order valence-corrected chi connectivity index (χ4v) is 3.95. The summed E-state index contributed by atoms with van der Waals surface area (Å²) in [7, 11) is -4.19. The quantitative estimate of drug-likeness (QED) is 0.795. The Morgan fingerprint density at radius 1 is 1.07 bits per heavy atom. The minimum atomic E-state index is -4.64. The van der Waals surface area contributed by atoms with Crippen molar-refractivity contribution in [3.05, 3.63) is 59.7 Å². The van der Waals surface area contributed by atoms with Crippen LogP contribution in [0.3, 0.4) is 0 Å². The van der Waals surface area contributed by atoms with Crippen LogP contribution >= 0.6 is 0 Å². The van der Waals surface area contributed by atoms with Crippen LogP contribution in [0.15, 0.2) is 53.4 Å². The van der Waals surface area contributed by atoms with Gasteiger partial charge in [-0.2, -0.15) is 13.2 Å². The average Bonchev–Trinajstić information content (AvgIpc) is 2.69. The number of sulfonamides is 1. The highest BCUT2D eigenvalue weighted by molar-refractivity contribution is 7.92. The maximum atomic E-state index is 12.8. The molecule has 1 heterocycles. The Morgan fingerprint density at radius 3 is 2.34 bits per heavy atom. The molecule has 0 radical (unpaired) electrons. The monoisotopic (exact) mass is 428 g/mol. The van der Waals surface area contributed by atoms with Crippen molar-refractivity contribution in [1.29, 1.82) is 0 Å². The summed E-state index contributed by atoms with van der Waals surface area (Å²) in [5.74, 6) is -0.0504. The summed E-state index contributed by atoms with van der Waals surface area (Å²) in [6.45, 7) is 2.07. The first-order chi connectivity index (χ1) is 13.6.